The first-order valence-electron chi connectivity index (χ1n) is 4.01. The van der Waals surface area contributed by atoms with Crippen LogP contribution in [0.25, 0.3) is 0 Å². The number of nitrogens with zero attached hydrogens (tertiary/aromatic N) is 1. The maximum Gasteiger partial charge on any atom is 0.235 e. The first-order valence-corrected chi connectivity index (χ1v) is 5.93. The molecule has 0 aliphatic heterocycles. The number of aromatic nitrogens is 1. The maximum absolute atomic E-state index is 11.7. The van der Waals surface area contributed by atoms with Crippen molar-refractivity contribution < 1.29 is 13.2 Å². The lowest BCUT2D eigenvalue weighted by Crippen LogP contribution is -2.33. The molecule has 15 heavy (non-hydrogen) atoms. The first-order chi connectivity index (χ1) is 6.87. The molecule has 1 aromatic rings. The fourth-order valence-corrected chi connectivity index (χ4v) is 2.53. The van der Waals surface area contributed by atoms with Crippen LogP contribution in [0.3, 0.4) is 0 Å². The summed E-state index contributed by atoms with van der Waals surface area (Å²) >= 11 is 5.66. The lowest BCUT2D eigenvalue weighted by Gasteiger charge is -2.09. The summed E-state index contributed by atoms with van der Waals surface area (Å²) in [7, 11) is -3.89. The van der Waals surface area contributed by atoms with Crippen LogP contribution in [-0.4, -0.2) is 24.6 Å². The molecule has 1 aromatic heterocycles. The molecule has 5 nitrogen and oxygen atoms in total. The van der Waals surface area contributed by atoms with Crippen molar-refractivity contribution in [3.8, 4) is 0 Å². The molecule has 0 spiro atoms. The van der Waals surface area contributed by atoms with Crippen molar-refractivity contribution in [3.63, 3.8) is 0 Å². The van der Waals surface area contributed by atoms with Crippen LogP contribution < -0.4 is 5.73 Å². The molecule has 1 rings (SSSR count). The van der Waals surface area contributed by atoms with E-state index in [1.54, 1.807) is 0 Å². The fraction of sp³-hybridized carbons (Fsp3) is 0.250. The van der Waals surface area contributed by atoms with E-state index in [0.29, 0.717) is 0 Å². The summed E-state index contributed by atoms with van der Waals surface area (Å²) in [5, 5.41) is -1.69. The molecule has 0 bridgehead atoms. The van der Waals surface area contributed by atoms with Gasteiger partial charge >= 0.3 is 0 Å². The Hall–Kier alpha value is -1.14. The third-order valence-electron chi connectivity index (χ3n) is 1.86. The summed E-state index contributed by atoms with van der Waals surface area (Å²) in [5.41, 5.74) is 4.92. The topological polar surface area (TPSA) is 90.1 Å². The molecule has 82 valence electrons. The number of hydrogen-bond donors (Lipinski definition) is 1. The van der Waals surface area contributed by atoms with Crippen LogP contribution in [-0.2, 0) is 14.6 Å². The Morgan fingerprint density at radius 3 is 2.67 bits per heavy atom. The molecule has 0 saturated heterocycles. The van der Waals surface area contributed by atoms with Gasteiger partial charge in [0.2, 0.25) is 15.7 Å². The van der Waals surface area contributed by atoms with Crippen molar-refractivity contribution in [3.05, 3.63) is 23.4 Å². The molecule has 1 atom stereocenters. The van der Waals surface area contributed by atoms with Crippen molar-refractivity contribution in [1.82, 2.24) is 4.98 Å². The van der Waals surface area contributed by atoms with E-state index in [9.17, 15) is 13.2 Å². The van der Waals surface area contributed by atoms with E-state index in [1.165, 1.54) is 25.3 Å². The molecule has 1 amide bonds. The van der Waals surface area contributed by atoms with Crippen LogP contribution in [0.1, 0.15) is 6.92 Å². The predicted octanol–water partition coefficient (Wildman–Crippen LogP) is 0.383. The van der Waals surface area contributed by atoms with E-state index in [2.05, 4.69) is 4.98 Å². The van der Waals surface area contributed by atoms with E-state index in [-0.39, 0.29) is 10.0 Å². The van der Waals surface area contributed by atoms with Gasteiger partial charge in [-0.15, -0.1) is 0 Å². The molecule has 0 aliphatic rings. The molecule has 0 fully saturated rings. The van der Waals surface area contributed by atoms with Crippen molar-refractivity contribution in [2.24, 2.45) is 5.73 Å². The highest BCUT2D eigenvalue weighted by Gasteiger charge is 2.30. The zero-order chi connectivity index (χ0) is 11.6. The Morgan fingerprint density at radius 1 is 1.60 bits per heavy atom. The van der Waals surface area contributed by atoms with Crippen LogP contribution in [0.15, 0.2) is 23.4 Å². The van der Waals surface area contributed by atoms with Gasteiger partial charge in [0.25, 0.3) is 0 Å². The lowest BCUT2D eigenvalue weighted by molar-refractivity contribution is -0.117. The van der Waals surface area contributed by atoms with Crippen molar-refractivity contribution in [2.45, 2.75) is 17.2 Å². The highest BCUT2D eigenvalue weighted by atomic mass is 35.5. The van der Waals surface area contributed by atoms with E-state index >= 15 is 0 Å². The smallest absolute Gasteiger partial charge is 0.235 e. The first kappa shape index (κ1) is 11.9. The number of pyridine rings is 1. The Labute approximate surface area is 92.2 Å². The summed E-state index contributed by atoms with van der Waals surface area (Å²) in [4.78, 5) is 14.4. The van der Waals surface area contributed by atoms with Crippen molar-refractivity contribution in [2.75, 3.05) is 0 Å². The molecule has 0 radical (unpaired) electrons. The zero-order valence-electron chi connectivity index (χ0n) is 7.84. The largest absolute Gasteiger partial charge is 0.369 e. The van der Waals surface area contributed by atoms with Gasteiger partial charge < -0.3 is 5.73 Å². The van der Waals surface area contributed by atoms with Gasteiger partial charge in [0, 0.05) is 6.20 Å². The van der Waals surface area contributed by atoms with E-state index < -0.39 is 21.0 Å². The number of amides is 1. The molecular weight excluding hydrogens is 240 g/mol. The average Bonchev–Trinajstić information content (AvgIpc) is 2.16. The lowest BCUT2D eigenvalue weighted by atomic mass is 10.5. The molecule has 0 aromatic carbocycles. The number of primary amides is 1. The van der Waals surface area contributed by atoms with Gasteiger partial charge in [0.1, 0.15) is 5.25 Å². The number of carbonyl (C=O) groups is 1. The molecule has 0 saturated carbocycles. The summed E-state index contributed by atoms with van der Waals surface area (Å²) in [6.07, 6.45) is 1.28. The Morgan fingerprint density at radius 2 is 2.20 bits per heavy atom. The minimum absolute atomic E-state index is 0.0226. The maximum atomic E-state index is 11.7. The number of sulfone groups is 1. The van der Waals surface area contributed by atoms with Gasteiger partial charge in [-0.25, -0.2) is 13.4 Å². The van der Waals surface area contributed by atoms with E-state index in [4.69, 9.17) is 17.3 Å². The molecule has 7 heteroatoms. The predicted molar refractivity (Wildman–Crippen MR) is 55.1 cm³/mol. The number of halogens is 1. The van der Waals surface area contributed by atoms with E-state index in [1.807, 2.05) is 0 Å². The highest BCUT2D eigenvalue weighted by Crippen LogP contribution is 2.21. The van der Waals surface area contributed by atoms with Crippen molar-refractivity contribution in [1.29, 1.82) is 0 Å². The van der Waals surface area contributed by atoms with Crippen LogP contribution in [0.2, 0.25) is 5.02 Å². The summed E-state index contributed by atoms with van der Waals surface area (Å²) in [6, 6.07) is 2.88. The highest BCUT2D eigenvalue weighted by molar-refractivity contribution is 7.92. The molecule has 2 N–H and O–H groups in total. The van der Waals surface area contributed by atoms with Gasteiger partial charge in [-0.1, -0.05) is 11.6 Å². The quantitative estimate of drug-likeness (QED) is 0.837. The van der Waals surface area contributed by atoms with Gasteiger partial charge in [-0.05, 0) is 19.1 Å². The Bertz CT molecular complexity index is 486. The Kier molecular flexibility index (Phi) is 3.31. The minimum atomic E-state index is -3.89. The molecule has 0 aliphatic carbocycles. The second-order valence-corrected chi connectivity index (χ2v) is 5.47. The van der Waals surface area contributed by atoms with Gasteiger partial charge in [-0.3, -0.25) is 4.79 Å². The minimum Gasteiger partial charge on any atom is -0.369 e. The number of hydrogen-bond acceptors (Lipinski definition) is 4. The molecule has 1 heterocycles. The zero-order valence-corrected chi connectivity index (χ0v) is 9.42. The average molecular weight is 249 g/mol. The molecule has 0 unspecified atom stereocenters. The fourth-order valence-electron chi connectivity index (χ4n) is 0.901. The second-order valence-electron chi connectivity index (χ2n) is 2.88. The monoisotopic (exact) mass is 248 g/mol. The number of carbonyl (C=O) groups excluding carboxylic acids is 1. The van der Waals surface area contributed by atoms with Gasteiger partial charge in [0.05, 0.1) is 5.02 Å². The van der Waals surface area contributed by atoms with E-state index in [0.717, 1.165) is 0 Å². The number of nitrogens with two attached hydrogens (primary N) is 1. The van der Waals surface area contributed by atoms with Gasteiger partial charge in [-0.2, -0.15) is 0 Å². The van der Waals surface area contributed by atoms with Gasteiger partial charge in [0.15, 0.2) is 5.03 Å². The van der Waals surface area contributed by atoms with Crippen LogP contribution >= 0.6 is 11.6 Å². The summed E-state index contributed by atoms with van der Waals surface area (Å²) < 4.78 is 23.5. The Balaban J connectivity index is 3.30. The van der Waals surface area contributed by atoms with Crippen molar-refractivity contribution >= 4 is 27.3 Å². The normalized spacial score (nSPS) is 13.5. The summed E-state index contributed by atoms with van der Waals surface area (Å²) in [6.45, 7) is 1.20. The van der Waals surface area contributed by atoms with Crippen LogP contribution in [0, 0.1) is 0 Å². The third kappa shape index (κ3) is 2.27. The SMILES string of the molecule is C[C@@H](C(N)=O)S(=O)(=O)c1ncccc1Cl. The second kappa shape index (κ2) is 4.16. The van der Waals surface area contributed by atoms with Crippen LogP contribution in [0.4, 0.5) is 0 Å². The third-order valence-corrected chi connectivity index (χ3v) is 4.30. The standard InChI is InChI=1S/C8H9ClN2O3S/c1-5(7(10)12)15(13,14)8-6(9)3-2-4-11-8/h2-5H,1H3,(H2,10,12)/t5-/m0/s1. The van der Waals surface area contributed by atoms with Crippen LogP contribution in [0.5, 0.6) is 0 Å². The number of rotatable bonds is 3. The molecular formula is C8H9ClN2O3S. The summed E-state index contributed by atoms with van der Waals surface area (Å²) in [5.74, 6) is -0.934.